The highest BCUT2D eigenvalue weighted by molar-refractivity contribution is 7.99. The number of benzene rings is 2. The summed E-state index contributed by atoms with van der Waals surface area (Å²) < 4.78 is 0. The van der Waals surface area contributed by atoms with E-state index in [0.717, 1.165) is 15.5 Å². The van der Waals surface area contributed by atoms with Crippen LogP contribution in [0.4, 0.5) is 0 Å². The van der Waals surface area contributed by atoms with E-state index < -0.39 is 5.60 Å². The van der Waals surface area contributed by atoms with Crippen LogP contribution < -0.4 is 0 Å². The van der Waals surface area contributed by atoms with Crippen molar-refractivity contribution >= 4 is 23.4 Å². The minimum Gasteiger partial charge on any atom is -0.385 e. The maximum Gasteiger partial charge on any atom is 0.0962 e. The van der Waals surface area contributed by atoms with Gasteiger partial charge in [0.1, 0.15) is 0 Å². The van der Waals surface area contributed by atoms with Crippen LogP contribution in [0.15, 0.2) is 59.5 Å². The second kappa shape index (κ2) is 5.79. The van der Waals surface area contributed by atoms with Crippen molar-refractivity contribution < 1.29 is 5.11 Å². The van der Waals surface area contributed by atoms with Crippen molar-refractivity contribution in [2.45, 2.75) is 17.4 Å². The zero-order valence-electron chi connectivity index (χ0n) is 10.1. The predicted molar refractivity (Wildman–Crippen MR) is 78.2 cm³/mol. The van der Waals surface area contributed by atoms with Crippen molar-refractivity contribution in [3.8, 4) is 0 Å². The molecule has 0 aromatic heterocycles. The Labute approximate surface area is 117 Å². The third-order valence-electron chi connectivity index (χ3n) is 2.74. The standard InChI is InChI=1S/C15H15ClOS/c1-15(17,12-7-3-2-4-8-12)11-18-14-10-6-5-9-13(14)16/h2-10,17H,11H2,1H3. The summed E-state index contributed by atoms with van der Waals surface area (Å²) in [7, 11) is 0. The van der Waals surface area contributed by atoms with Crippen molar-refractivity contribution in [2.75, 3.05) is 5.75 Å². The van der Waals surface area contributed by atoms with Crippen LogP contribution in [0.2, 0.25) is 5.02 Å². The molecular weight excluding hydrogens is 264 g/mol. The summed E-state index contributed by atoms with van der Waals surface area (Å²) in [5.74, 6) is 0.570. The van der Waals surface area contributed by atoms with Crippen LogP contribution in [0.25, 0.3) is 0 Å². The van der Waals surface area contributed by atoms with Gasteiger partial charge in [0.25, 0.3) is 0 Å². The van der Waals surface area contributed by atoms with Crippen LogP contribution in [-0.4, -0.2) is 10.9 Å². The van der Waals surface area contributed by atoms with Crippen LogP contribution in [0, 0.1) is 0 Å². The molecule has 0 aliphatic heterocycles. The van der Waals surface area contributed by atoms with Crippen LogP contribution in [0.3, 0.4) is 0 Å². The van der Waals surface area contributed by atoms with E-state index in [1.54, 1.807) is 11.8 Å². The van der Waals surface area contributed by atoms with E-state index in [-0.39, 0.29) is 0 Å². The van der Waals surface area contributed by atoms with E-state index in [2.05, 4.69) is 0 Å². The molecule has 1 unspecified atom stereocenters. The lowest BCUT2D eigenvalue weighted by atomic mass is 9.99. The molecule has 94 valence electrons. The molecule has 1 nitrogen and oxygen atoms in total. The van der Waals surface area contributed by atoms with Gasteiger partial charge in [-0.2, -0.15) is 0 Å². The third kappa shape index (κ3) is 3.29. The fourth-order valence-electron chi connectivity index (χ4n) is 1.66. The first kappa shape index (κ1) is 13.5. The lowest BCUT2D eigenvalue weighted by Crippen LogP contribution is -2.24. The molecule has 0 bridgehead atoms. The first-order valence-corrected chi connectivity index (χ1v) is 7.11. The number of aliphatic hydroxyl groups is 1. The number of hydrogen-bond acceptors (Lipinski definition) is 2. The van der Waals surface area contributed by atoms with Crippen LogP contribution >= 0.6 is 23.4 Å². The number of halogens is 1. The maximum atomic E-state index is 10.5. The second-order valence-corrected chi connectivity index (χ2v) is 5.78. The quantitative estimate of drug-likeness (QED) is 0.840. The highest BCUT2D eigenvalue weighted by Gasteiger charge is 2.23. The Balaban J connectivity index is 2.08. The van der Waals surface area contributed by atoms with E-state index in [1.165, 1.54) is 0 Å². The molecule has 18 heavy (non-hydrogen) atoms. The molecular formula is C15H15ClOS. The topological polar surface area (TPSA) is 20.2 Å². The molecule has 2 aromatic carbocycles. The second-order valence-electron chi connectivity index (χ2n) is 4.36. The highest BCUT2D eigenvalue weighted by atomic mass is 35.5. The fraction of sp³-hybridized carbons (Fsp3) is 0.200. The predicted octanol–water partition coefficient (Wildman–Crippen LogP) is 4.34. The molecule has 1 atom stereocenters. The molecule has 2 aromatic rings. The Kier molecular flexibility index (Phi) is 4.33. The molecule has 0 heterocycles. The summed E-state index contributed by atoms with van der Waals surface area (Å²) in [4.78, 5) is 0.996. The molecule has 0 aliphatic rings. The summed E-state index contributed by atoms with van der Waals surface area (Å²) in [5, 5.41) is 11.2. The molecule has 2 rings (SSSR count). The Morgan fingerprint density at radius 1 is 1.06 bits per heavy atom. The first-order chi connectivity index (χ1) is 8.59. The maximum absolute atomic E-state index is 10.5. The van der Waals surface area contributed by atoms with E-state index in [4.69, 9.17) is 11.6 Å². The van der Waals surface area contributed by atoms with Gasteiger partial charge in [0.15, 0.2) is 0 Å². The van der Waals surface area contributed by atoms with Gasteiger partial charge in [-0.25, -0.2) is 0 Å². The number of thioether (sulfide) groups is 1. The molecule has 0 saturated carbocycles. The average molecular weight is 279 g/mol. The van der Waals surface area contributed by atoms with E-state index in [1.807, 2.05) is 61.5 Å². The summed E-state index contributed by atoms with van der Waals surface area (Å²) in [6.07, 6.45) is 0. The molecule has 0 spiro atoms. The normalized spacial score (nSPS) is 14.2. The fourth-order valence-corrected chi connectivity index (χ4v) is 2.94. The molecule has 0 aliphatic carbocycles. The van der Waals surface area contributed by atoms with Gasteiger partial charge < -0.3 is 5.11 Å². The summed E-state index contributed by atoms with van der Waals surface area (Å²) >= 11 is 7.66. The summed E-state index contributed by atoms with van der Waals surface area (Å²) in [6.45, 7) is 1.83. The minimum absolute atomic E-state index is 0.570. The van der Waals surface area contributed by atoms with Gasteiger partial charge in [-0.1, -0.05) is 54.1 Å². The van der Waals surface area contributed by atoms with Gasteiger partial charge in [0.2, 0.25) is 0 Å². The third-order valence-corrected chi connectivity index (χ3v) is 4.56. The largest absolute Gasteiger partial charge is 0.385 e. The van der Waals surface area contributed by atoms with Crippen LogP contribution in [0.1, 0.15) is 12.5 Å². The minimum atomic E-state index is -0.856. The first-order valence-electron chi connectivity index (χ1n) is 5.75. The molecule has 1 N–H and O–H groups in total. The Morgan fingerprint density at radius 2 is 1.67 bits per heavy atom. The molecule has 0 saturated heterocycles. The molecule has 3 heteroatoms. The van der Waals surface area contributed by atoms with Crippen molar-refractivity contribution in [2.24, 2.45) is 0 Å². The van der Waals surface area contributed by atoms with Gasteiger partial charge in [0.05, 0.1) is 10.6 Å². The Bertz CT molecular complexity index is 511. The van der Waals surface area contributed by atoms with Gasteiger partial charge in [-0.15, -0.1) is 11.8 Å². The Hall–Kier alpha value is -0.960. The van der Waals surface area contributed by atoms with Crippen molar-refractivity contribution in [1.82, 2.24) is 0 Å². The summed E-state index contributed by atoms with van der Waals surface area (Å²) in [5.41, 5.74) is 0.0648. The lowest BCUT2D eigenvalue weighted by molar-refractivity contribution is 0.0839. The SMILES string of the molecule is CC(O)(CSc1ccccc1Cl)c1ccccc1. The van der Waals surface area contributed by atoms with Crippen LogP contribution in [0.5, 0.6) is 0 Å². The zero-order valence-corrected chi connectivity index (χ0v) is 11.7. The smallest absolute Gasteiger partial charge is 0.0962 e. The van der Waals surface area contributed by atoms with E-state index >= 15 is 0 Å². The number of rotatable bonds is 4. The molecule has 0 amide bonds. The summed E-state index contributed by atoms with van der Waals surface area (Å²) in [6, 6.07) is 17.4. The average Bonchev–Trinajstić information content (AvgIpc) is 2.39. The molecule has 0 fully saturated rings. The highest BCUT2D eigenvalue weighted by Crippen LogP contribution is 2.32. The van der Waals surface area contributed by atoms with E-state index in [0.29, 0.717) is 5.75 Å². The van der Waals surface area contributed by atoms with E-state index in [9.17, 15) is 5.11 Å². The van der Waals surface area contributed by atoms with Crippen molar-refractivity contribution in [3.63, 3.8) is 0 Å². The van der Waals surface area contributed by atoms with Crippen molar-refractivity contribution in [3.05, 3.63) is 65.2 Å². The molecule has 0 radical (unpaired) electrons. The zero-order chi connectivity index (χ0) is 13.0. The van der Waals surface area contributed by atoms with Crippen molar-refractivity contribution in [1.29, 1.82) is 0 Å². The van der Waals surface area contributed by atoms with Gasteiger partial charge in [0, 0.05) is 10.6 Å². The van der Waals surface area contributed by atoms with Gasteiger partial charge >= 0.3 is 0 Å². The van der Waals surface area contributed by atoms with Crippen LogP contribution in [-0.2, 0) is 5.60 Å². The Morgan fingerprint density at radius 3 is 2.33 bits per heavy atom. The monoisotopic (exact) mass is 278 g/mol. The van der Waals surface area contributed by atoms with Gasteiger partial charge in [-0.3, -0.25) is 0 Å². The number of hydrogen-bond donors (Lipinski definition) is 1. The lowest BCUT2D eigenvalue weighted by Gasteiger charge is -2.23. The van der Waals surface area contributed by atoms with Gasteiger partial charge in [-0.05, 0) is 24.6 Å².